The van der Waals surface area contributed by atoms with Crippen LogP contribution >= 0.6 is 0 Å². The Labute approximate surface area is 303 Å². The molecule has 0 saturated carbocycles. The molecule has 0 N–H and O–H groups in total. The van der Waals surface area contributed by atoms with E-state index in [-0.39, 0.29) is 6.71 Å². The number of anilines is 3. The quantitative estimate of drug-likeness (QED) is 0.167. The van der Waals surface area contributed by atoms with Crippen molar-refractivity contribution in [3.63, 3.8) is 0 Å². The first-order valence-electron chi connectivity index (χ1n) is 18.2. The van der Waals surface area contributed by atoms with Crippen molar-refractivity contribution in [1.29, 1.82) is 0 Å². The van der Waals surface area contributed by atoms with Crippen LogP contribution in [0.1, 0.15) is 22.3 Å². The molecule has 0 radical (unpaired) electrons. The first-order chi connectivity index (χ1) is 25.9. The molecule has 2 aliphatic rings. The van der Waals surface area contributed by atoms with Gasteiger partial charge >= 0.3 is 0 Å². The van der Waals surface area contributed by atoms with Gasteiger partial charge in [0.15, 0.2) is 0 Å². The molecule has 0 unspecified atom stereocenters. The molecule has 1 aromatic heterocycles. The van der Waals surface area contributed by atoms with Crippen LogP contribution in [-0.4, -0.2) is 11.3 Å². The summed E-state index contributed by atoms with van der Waals surface area (Å²) in [5, 5.41) is 2.54. The molecule has 2 aliphatic heterocycles. The van der Waals surface area contributed by atoms with Crippen LogP contribution in [0.15, 0.2) is 200 Å². The molecular weight excluding hydrogens is 627 g/mol. The van der Waals surface area contributed by atoms with Crippen molar-refractivity contribution in [3.8, 4) is 5.69 Å². The van der Waals surface area contributed by atoms with Crippen LogP contribution in [0, 0.1) is 0 Å². The average Bonchev–Trinajstić information content (AvgIpc) is 3.56. The number of hydrogen-bond donors (Lipinski definition) is 0. The van der Waals surface area contributed by atoms with Gasteiger partial charge in [0.1, 0.15) is 0 Å². The van der Waals surface area contributed by atoms with Gasteiger partial charge in [0.05, 0.1) is 16.6 Å². The molecule has 0 fully saturated rings. The SMILES string of the molecule is c1ccc(N(c2ccccc2)c2cc3c4ccccc4n4c3c3c2C(c2ccccc2)(c2ccccc2)c2ccccc2B3c2ccccc2-4)cc1. The molecule has 0 spiro atoms. The van der Waals surface area contributed by atoms with Gasteiger partial charge in [-0.3, -0.25) is 0 Å². The summed E-state index contributed by atoms with van der Waals surface area (Å²) < 4.78 is 2.56. The van der Waals surface area contributed by atoms with Gasteiger partial charge in [0.25, 0.3) is 0 Å². The van der Waals surface area contributed by atoms with E-state index in [0.717, 1.165) is 11.4 Å². The Morgan fingerprint density at radius 2 is 0.981 bits per heavy atom. The van der Waals surface area contributed by atoms with E-state index < -0.39 is 5.41 Å². The maximum atomic E-state index is 2.56. The van der Waals surface area contributed by atoms with E-state index in [1.807, 2.05) is 0 Å². The van der Waals surface area contributed by atoms with Crippen molar-refractivity contribution >= 4 is 62.0 Å². The Balaban J connectivity index is 1.45. The molecular formula is C49H33BN2. The van der Waals surface area contributed by atoms with Crippen LogP contribution in [0.2, 0.25) is 0 Å². The first-order valence-corrected chi connectivity index (χ1v) is 18.2. The highest BCUT2D eigenvalue weighted by Crippen LogP contribution is 2.53. The fourth-order valence-corrected chi connectivity index (χ4v) is 9.61. The van der Waals surface area contributed by atoms with Crippen LogP contribution < -0.4 is 21.3 Å². The predicted molar refractivity (Wildman–Crippen MR) is 218 cm³/mol. The van der Waals surface area contributed by atoms with Crippen molar-refractivity contribution in [1.82, 2.24) is 4.57 Å². The van der Waals surface area contributed by atoms with Crippen LogP contribution in [-0.2, 0) is 5.41 Å². The van der Waals surface area contributed by atoms with Gasteiger partial charge in [-0.15, -0.1) is 0 Å². The number of benzene rings is 8. The zero-order chi connectivity index (χ0) is 34.2. The van der Waals surface area contributed by atoms with Crippen molar-refractivity contribution < 1.29 is 0 Å². The Kier molecular flexibility index (Phi) is 6.29. The maximum absolute atomic E-state index is 2.56. The number of fused-ring (bicyclic) bond motifs is 8. The van der Waals surface area contributed by atoms with Crippen molar-refractivity contribution in [3.05, 3.63) is 222 Å². The normalized spacial score (nSPS) is 13.5. The Morgan fingerprint density at radius 1 is 0.462 bits per heavy atom. The number of nitrogens with zero attached hydrogens (tertiary/aromatic N) is 2. The topological polar surface area (TPSA) is 8.17 Å². The highest BCUT2D eigenvalue weighted by Gasteiger charge is 2.52. The van der Waals surface area contributed by atoms with Crippen molar-refractivity contribution in [2.24, 2.45) is 0 Å². The lowest BCUT2D eigenvalue weighted by molar-refractivity contribution is 0.751. The van der Waals surface area contributed by atoms with Crippen LogP contribution in [0.3, 0.4) is 0 Å². The Bertz CT molecular complexity index is 2710. The minimum atomic E-state index is -0.635. The van der Waals surface area contributed by atoms with Gasteiger partial charge in [-0.1, -0.05) is 163 Å². The molecule has 8 aromatic carbocycles. The Hall–Kier alpha value is -6.58. The molecule has 242 valence electrons. The first kappa shape index (κ1) is 29.2. The summed E-state index contributed by atoms with van der Waals surface area (Å²) in [6.45, 7) is 0.0376. The minimum Gasteiger partial charge on any atom is -0.310 e. The third-order valence-electron chi connectivity index (χ3n) is 11.5. The smallest absolute Gasteiger partial charge is 0.247 e. The lowest BCUT2D eigenvalue weighted by Crippen LogP contribution is -2.64. The second-order valence-electron chi connectivity index (χ2n) is 14.0. The number of para-hydroxylation sites is 4. The third-order valence-corrected chi connectivity index (χ3v) is 11.5. The molecule has 0 atom stereocenters. The van der Waals surface area contributed by atoms with E-state index in [4.69, 9.17) is 0 Å². The van der Waals surface area contributed by atoms with E-state index in [1.165, 1.54) is 71.8 Å². The molecule has 11 rings (SSSR count). The average molecular weight is 661 g/mol. The fraction of sp³-hybridized carbons (Fsp3) is 0.0204. The predicted octanol–water partition coefficient (Wildman–Crippen LogP) is 9.78. The summed E-state index contributed by atoms with van der Waals surface area (Å²) in [6, 6.07) is 74.1. The number of aromatic nitrogens is 1. The number of hydrogen-bond acceptors (Lipinski definition) is 1. The summed E-state index contributed by atoms with van der Waals surface area (Å²) in [6.07, 6.45) is 0. The van der Waals surface area contributed by atoms with Gasteiger partial charge < -0.3 is 9.47 Å². The number of rotatable bonds is 5. The monoisotopic (exact) mass is 660 g/mol. The third kappa shape index (κ3) is 3.85. The highest BCUT2D eigenvalue weighted by molar-refractivity contribution is 6.99. The van der Waals surface area contributed by atoms with Gasteiger partial charge in [-0.25, -0.2) is 0 Å². The fourth-order valence-electron chi connectivity index (χ4n) is 9.61. The molecule has 9 aromatic rings. The molecule has 2 nitrogen and oxygen atoms in total. The molecule has 0 aliphatic carbocycles. The second kappa shape index (κ2) is 11.2. The minimum absolute atomic E-state index is 0.0376. The van der Waals surface area contributed by atoms with E-state index in [0.29, 0.717) is 0 Å². The van der Waals surface area contributed by atoms with Crippen molar-refractivity contribution in [2.45, 2.75) is 5.41 Å². The molecule has 0 amide bonds. The second-order valence-corrected chi connectivity index (χ2v) is 14.0. The van der Waals surface area contributed by atoms with Crippen LogP contribution in [0.5, 0.6) is 0 Å². The zero-order valence-corrected chi connectivity index (χ0v) is 28.5. The standard InChI is InChI=1S/C49H33BN2/c1-5-19-34(20-6-1)49(35-21-7-2-8-22-35)40-28-14-15-29-41(40)50-42-30-16-18-32-44(42)52-43-31-17-13-27-38(43)39-33-45(46(49)47(50)48(39)52)51(36-23-9-3-10-24-36)37-25-11-4-12-26-37/h1-33H. The van der Waals surface area contributed by atoms with Gasteiger partial charge in [-0.05, 0) is 75.6 Å². The molecule has 0 bridgehead atoms. The van der Waals surface area contributed by atoms with E-state index >= 15 is 0 Å². The van der Waals surface area contributed by atoms with Crippen molar-refractivity contribution in [2.75, 3.05) is 4.90 Å². The van der Waals surface area contributed by atoms with Crippen LogP contribution in [0.25, 0.3) is 27.5 Å². The van der Waals surface area contributed by atoms with E-state index in [9.17, 15) is 0 Å². The lowest BCUT2D eigenvalue weighted by Gasteiger charge is -2.48. The van der Waals surface area contributed by atoms with E-state index in [1.54, 1.807) is 0 Å². The lowest BCUT2D eigenvalue weighted by atomic mass is 9.29. The molecule has 52 heavy (non-hydrogen) atoms. The largest absolute Gasteiger partial charge is 0.310 e. The van der Waals surface area contributed by atoms with Gasteiger partial charge in [0.2, 0.25) is 6.71 Å². The summed E-state index contributed by atoms with van der Waals surface area (Å²) in [5.41, 5.74) is 15.8. The molecule has 0 saturated heterocycles. The van der Waals surface area contributed by atoms with Gasteiger partial charge in [-0.2, -0.15) is 0 Å². The summed E-state index contributed by atoms with van der Waals surface area (Å²) in [4.78, 5) is 2.50. The summed E-state index contributed by atoms with van der Waals surface area (Å²) in [7, 11) is 0. The molecule has 3 heteroatoms. The Morgan fingerprint density at radius 3 is 1.63 bits per heavy atom. The van der Waals surface area contributed by atoms with Crippen LogP contribution in [0.4, 0.5) is 17.1 Å². The highest BCUT2D eigenvalue weighted by atomic mass is 15.1. The maximum Gasteiger partial charge on any atom is 0.247 e. The summed E-state index contributed by atoms with van der Waals surface area (Å²) in [5.74, 6) is 0. The molecule has 3 heterocycles. The summed E-state index contributed by atoms with van der Waals surface area (Å²) >= 11 is 0. The van der Waals surface area contributed by atoms with Gasteiger partial charge in [0, 0.05) is 33.4 Å². The zero-order valence-electron chi connectivity index (χ0n) is 28.5. The van der Waals surface area contributed by atoms with E-state index in [2.05, 4.69) is 210 Å².